The predicted octanol–water partition coefficient (Wildman–Crippen LogP) is 12.2. The fraction of sp³-hybridized carbons (Fsp3) is 0.229. The van der Waals surface area contributed by atoms with Crippen LogP contribution in [0, 0.1) is 12.1 Å². The van der Waals surface area contributed by atoms with Crippen molar-refractivity contribution in [3.05, 3.63) is 162 Å². The Morgan fingerprint density at radius 2 is 1.29 bits per heavy atom. The topological polar surface area (TPSA) is 38.7 Å². The van der Waals surface area contributed by atoms with Crippen LogP contribution in [0.5, 0.6) is 0 Å². The first-order chi connectivity index (χ1) is 24.3. The molecule has 263 valence electrons. The molecule has 8 rings (SSSR count). The number of fused-ring (bicyclic) bond motifs is 4. The van der Waals surface area contributed by atoms with E-state index in [9.17, 15) is 0 Å². The second kappa shape index (κ2) is 14.3. The minimum absolute atomic E-state index is 0. The first-order valence-electron chi connectivity index (χ1n) is 17.8. The van der Waals surface area contributed by atoms with Gasteiger partial charge in [-0.2, -0.15) is 0 Å². The van der Waals surface area contributed by atoms with Gasteiger partial charge >= 0.3 is 0 Å². The van der Waals surface area contributed by atoms with Crippen LogP contribution in [0.4, 0.5) is 0 Å². The van der Waals surface area contributed by atoms with Crippen LogP contribution < -0.4 is 0 Å². The maximum Gasteiger partial charge on any atom is 0.0518 e. The van der Waals surface area contributed by atoms with Crippen molar-refractivity contribution in [1.29, 1.82) is 0 Å². The minimum Gasteiger partial charge on any atom is -0.304 e. The van der Waals surface area contributed by atoms with E-state index in [4.69, 9.17) is 4.98 Å². The standard InChI is InChI=1S/C29H21N2.C19H24N.Ir/c1-29(2)25-18-20-9-4-3-8-19(20)17-24(25)23-13-15-31-28(27(23)29)22-11-7-10-21(16-22)26-12-5-6-14-30-26;1-18(2,3)15-9-7-14(8-10-15)17-12-11-16(13-20-17)19(4,5)6;/h3-10,12-18H,1-2H3;7,9-13H,1-6H3;/q2*-1;. The minimum atomic E-state index is -0.146. The molecule has 0 atom stereocenters. The Balaban J connectivity index is 0.000000193. The van der Waals surface area contributed by atoms with Crippen molar-refractivity contribution in [1.82, 2.24) is 15.0 Å². The molecule has 7 aromatic rings. The van der Waals surface area contributed by atoms with Crippen LogP contribution in [0.15, 0.2) is 128 Å². The summed E-state index contributed by atoms with van der Waals surface area (Å²) in [7, 11) is 0. The summed E-state index contributed by atoms with van der Waals surface area (Å²) in [5, 5.41) is 2.55. The predicted molar refractivity (Wildman–Crippen MR) is 213 cm³/mol. The molecule has 1 radical (unpaired) electrons. The van der Waals surface area contributed by atoms with Crippen LogP contribution in [0.25, 0.3) is 55.7 Å². The van der Waals surface area contributed by atoms with Crippen LogP contribution in [-0.2, 0) is 36.4 Å². The Kier molecular flexibility index (Phi) is 10.2. The van der Waals surface area contributed by atoms with Gasteiger partial charge < -0.3 is 9.97 Å². The van der Waals surface area contributed by atoms with Crippen molar-refractivity contribution in [3.63, 3.8) is 0 Å². The molecule has 1 aliphatic carbocycles. The molecule has 0 saturated heterocycles. The van der Waals surface area contributed by atoms with Gasteiger partial charge in [0.1, 0.15) is 0 Å². The van der Waals surface area contributed by atoms with Crippen LogP contribution in [0.2, 0.25) is 0 Å². The van der Waals surface area contributed by atoms with Crippen LogP contribution in [0.3, 0.4) is 0 Å². The average Bonchev–Trinajstić information content (AvgIpc) is 3.36. The monoisotopic (exact) mass is 856 g/mol. The summed E-state index contributed by atoms with van der Waals surface area (Å²) in [5.41, 5.74) is 14.0. The third-order valence-corrected chi connectivity index (χ3v) is 10.0. The van der Waals surface area contributed by atoms with Gasteiger partial charge in [-0.1, -0.05) is 103 Å². The molecule has 4 aromatic carbocycles. The Labute approximate surface area is 323 Å². The van der Waals surface area contributed by atoms with E-state index in [0.717, 1.165) is 33.8 Å². The molecular formula is C48H45IrN3-2. The molecule has 4 heteroatoms. The average molecular weight is 856 g/mol. The van der Waals surface area contributed by atoms with E-state index in [-0.39, 0.29) is 36.4 Å². The maximum atomic E-state index is 4.85. The van der Waals surface area contributed by atoms with Crippen molar-refractivity contribution in [2.45, 2.75) is 71.6 Å². The van der Waals surface area contributed by atoms with Crippen molar-refractivity contribution in [3.8, 4) is 44.9 Å². The SMILES string of the molecule is CC(C)(C)c1c[c-]c(-c2ccc(C(C)(C)C)cn2)cc1.CC1(C)c2cc3ccccc3cc2-c2ccnc(-c3[c-]ccc(-c4ccccn4)c3)c21.[Ir]. The van der Waals surface area contributed by atoms with E-state index in [0.29, 0.717) is 0 Å². The summed E-state index contributed by atoms with van der Waals surface area (Å²) in [4.78, 5) is 13.9. The van der Waals surface area contributed by atoms with Crippen molar-refractivity contribution < 1.29 is 20.1 Å². The molecule has 0 spiro atoms. The molecule has 0 unspecified atom stereocenters. The van der Waals surface area contributed by atoms with E-state index >= 15 is 0 Å². The van der Waals surface area contributed by atoms with E-state index in [1.807, 2.05) is 42.9 Å². The molecule has 0 saturated carbocycles. The van der Waals surface area contributed by atoms with Gasteiger partial charge in [0.05, 0.1) is 5.69 Å². The van der Waals surface area contributed by atoms with Gasteiger partial charge in [0.15, 0.2) is 0 Å². The van der Waals surface area contributed by atoms with Crippen molar-refractivity contribution >= 4 is 10.8 Å². The fourth-order valence-corrected chi connectivity index (χ4v) is 6.98. The first-order valence-corrected chi connectivity index (χ1v) is 17.8. The molecule has 3 aromatic heterocycles. The van der Waals surface area contributed by atoms with Gasteiger partial charge in [-0.3, -0.25) is 4.98 Å². The largest absolute Gasteiger partial charge is 0.304 e. The third-order valence-electron chi connectivity index (χ3n) is 10.0. The molecule has 3 heterocycles. The normalized spacial score (nSPS) is 13.0. The quantitative estimate of drug-likeness (QED) is 0.166. The van der Waals surface area contributed by atoms with E-state index in [2.05, 4.69) is 162 Å². The zero-order valence-electron chi connectivity index (χ0n) is 31.3. The summed E-state index contributed by atoms with van der Waals surface area (Å²) in [6.07, 6.45) is 5.73. The fourth-order valence-electron chi connectivity index (χ4n) is 6.98. The second-order valence-electron chi connectivity index (χ2n) is 16.1. The van der Waals surface area contributed by atoms with Crippen molar-refractivity contribution in [2.75, 3.05) is 0 Å². The zero-order chi connectivity index (χ0) is 36.0. The summed E-state index contributed by atoms with van der Waals surface area (Å²) in [6, 6.07) is 45.0. The Morgan fingerprint density at radius 3 is 1.92 bits per heavy atom. The number of nitrogens with zero attached hydrogens (tertiary/aromatic N) is 3. The Morgan fingerprint density at radius 1 is 0.577 bits per heavy atom. The number of hydrogen-bond acceptors (Lipinski definition) is 3. The third kappa shape index (κ3) is 7.29. The molecule has 0 bridgehead atoms. The Hall–Kier alpha value is -4.76. The van der Waals surface area contributed by atoms with Gasteiger partial charge in [-0.15, -0.1) is 65.2 Å². The van der Waals surface area contributed by atoms with E-state index in [1.54, 1.807) is 0 Å². The molecular weight excluding hydrogens is 811 g/mol. The molecule has 0 aliphatic heterocycles. The number of aromatic nitrogens is 3. The molecule has 1 aliphatic rings. The van der Waals surface area contributed by atoms with Gasteiger partial charge in [0.25, 0.3) is 0 Å². The van der Waals surface area contributed by atoms with Crippen LogP contribution in [-0.4, -0.2) is 15.0 Å². The van der Waals surface area contributed by atoms with Crippen molar-refractivity contribution in [2.24, 2.45) is 0 Å². The summed E-state index contributed by atoms with van der Waals surface area (Å²) >= 11 is 0. The smallest absolute Gasteiger partial charge is 0.0518 e. The zero-order valence-corrected chi connectivity index (χ0v) is 33.7. The number of benzene rings is 4. The number of hydrogen-bond donors (Lipinski definition) is 0. The van der Waals surface area contributed by atoms with E-state index < -0.39 is 0 Å². The van der Waals surface area contributed by atoms with Gasteiger partial charge in [0, 0.05) is 44.1 Å². The molecule has 0 N–H and O–H groups in total. The summed E-state index contributed by atoms with van der Waals surface area (Å²) in [5.74, 6) is 0. The van der Waals surface area contributed by atoms with Gasteiger partial charge in [-0.25, -0.2) is 0 Å². The van der Waals surface area contributed by atoms with Crippen LogP contribution >= 0.6 is 0 Å². The summed E-state index contributed by atoms with van der Waals surface area (Å²) < 4.78 is 0. The molecule has 0 amide bonds. The molecule has 52 heavy (non-hydrogen) atoms. The van der Waals surface area contributed by atoms with E-state index in [1.165, 1.54) is 44.2 Å². The summed E-state index contributed by atoms with van der Waals surface area (Å²) in [6.45, 7) is 17.9. The second-order valence-corrected chi connectivity index (χ2v) is 16.1. The van der Waals surface area contributed by atoms with Gasteiger partial charge in [0.2, 0.25) is 0 Å². The molecule has 0 fully saturated rings. The van der Waals surface area contributed by atoms with Crippen LogP contribution in [0.1, 0.15) is 77.6 Å². The Bertz CT molecular complexity index is 2270. The number of rotatable bonds is 3. The molecule has 3 nitrogen and oxygen atoms in total. The number of pyridine rings is 3. The van der Waals surface area contributed by atoms with Gasteiger partial charge in [-0.05, 0) is 91.1 Å². The first kappa shape index (κ1) is 37.0. The maximum absolute atomic E-state index is 4.85.